The summed E-state index contributed by atoms with van der Waals surface area (Å²) in [7, 11) is -2.00. The van der Waals surface area contributed by atoms with Crippen LogP contribution in [0.5, 0.6) is 0 Å². The Morgan fingerprint density at radius 1 is 0.404 bits per heavy atom. The third-order valence-corrected chi connectivity index (χ3v) is 13.2. The van der Waals surface area contributed by atoms with Gasteiger partial charge in [0.15, 0.2) is 17.5 Å². The van der Waals surface area contributed by atoms with Gasteiger partial charge in [0, 0.05) is 16.7 Å². The van der Waals surface area contributed by atoms with Gasteiger partial charge in [0.05, 0.1) is 0 Å². The van der Waals surface area contributed by atoms with E-state index in [-0.39, 0.29) is 0 Å². The van der Waals surface area contributed by atoms with Crippen molar-refractivity contribution < 1.29 is 0 Å². The van der Waals surface area contributed by atoms with E-state index in [9.17, 15) is 0 Å². The molecule has 0 saturated heterocycles. The van der Waals surface area contributed by atoms with E-state index in [1.54, 1.807) is 0 Å². The van der Waals surface area contributed by atoms with Gasteiger partial charge in [-0.15, -0.1) is 0 Å². The van der Waals surface area contributed by atoms with E-state index in [0.717, 1.165) is 22.1 Å². The minimum Gasteiger partial charge on any atom is -0.208 e. The maximum atomic E-state index is 5.23. The van der Waals surface area contributed by atoms with Crippen molar-refractivity contribution in [2.24, 2.45) is 0 Å². The maximum absolute atomic E-state index is 5.23. The molecule has 0 unspecified atom stereocenters. The van der Waals surface area contributed by atoms with E-state index in [0.29, 0.717) is 17.5 Å². The van der Waals surface area contributed by atoms with Crippen molar-refractivity contribution in [3.63, 3.8) is 0 Å². The number of benzene rings is 7. The van der Waals surface area contributed by atoms with Crippen molar-refractivity contribution in [2.45, 2.75) is 13.1 Å². The van der Waals surface area contributed by atoms with Gasteiger partial charge in [-0.2, -0.15) is 0 Å². The fraction of sp³-hybridized carbons (Fsp3) is 0.0465. The summed E-state index contributed by atoms with van der Waals surface area (Å²) in [4.78, 5) is 15.5. The molecule has 0 fully saturated rings. The summed E-state index contributed by atoms with van der Waals surface area (Å²) >= 11 is 0. The van der Waals surface area contributed by atoms with Crippen molar-refractivity contribution in [1.29, 1.82) is 0 Å². The quantitative estimate of drug-likeness (QED) is 0.185. The molecule has 7 aromatic carbocycles. The number of rotatable bonds is 4. The molecule has 0 atom stereocenters. The molecular formula is C43H31N3Si. The second-order valence-corrected chi connectivity index (χ2v) is 17.2. The van der Waals surface area contributed by atoms with Gasteiger partial charge in [-0.25, -0.2) is 15.0 Å². The molecule has 0 aliphatic carbocycles. The molecule has 1 aliphatic rings. The second-order valence-electron chi connectivity index (χ2n) is 12.9. The molecule has 0 amide bonds. The van der Waals surface area contributed by atoms with Gasteiger partial charge in [-0.3, -0.25) is 0 Å². The highest BCUT2D eigenvalue weighted by Gasteiger charge is 2.40. The van der Waals surface area contributed by atoms with Gasteiger partial charge in [0.25, 0.3) is 0 Å². The molecule has 0 spiro atoms. The summed E-state index contributed by atoms with van der Waals surface area (Å²) in [6.45, 7) is 4.95. The predicted octanol–water partition coefficient (Wildman–Crippen LogP) is 9.65. The number of hydrogen-bond donors (Lipinski definition) is 0. The number of nitrogens with zero attached hydrogens (tertiary/aromatic N) is 3. The highest BCUT2D eigenvalue weighted by Crippen LogP contribution is 2.38. The van der Waals surface area contributed by atoms with Crippen LogP contribution < -0.4 is 10.4 Å². The highest BCUT2D eigenvalue weighted by molar-refractivity contribution is 7.05. The largest absolute Gasteiger partial charge is 0.208 e. The fourth-order valence-corrected chi connectivity index (χ4v) is 10.8. The smallest absolute Gasteiger partial charge is 0.164 e. The highest BCUT2D eigenvalue weighted by atomic mass is 28.3. The first kappa shape index (κ1) is 27.6. The van der Waals surface area contributed by atoms with Crippen LogP contribution >= 0.6 is 0 Å². The van der Waals surface area contributed by atoms with Crippen molar-refractivity contribution in [3.8, 4) is 56.4 Å². The van der Waals surface area contributed by atoms with E-state index in [2.05, 4.69) is 147 Å². The van der Waals surface area contributed by atoms with E-state index >= 15 is 0 Å². The molecule has 0 radical (unpaired) electrons. The van der Waals surface area contributed by atoms with Gasteiger partial charge in [0.1, 0.15) is 8.07 Å². The zero-order valence-electron chi connectivity index (χ0n) is 26.3. The fourth-order valence-electron chi connectivity index (χ4n) is 7.37. The third-order valence-electron chi connectivity index (χ3n) is 9.68. The Morgan fingerprint density at radius 3 is 1.77 bits per heavy atom. The van der Waals surface area contributed by atoms with Crippen LogP contribution in [0.15, 0.2) is 152 Å². The van der Waals surface area contributed by atoms with Crippen molar-refractivity contribution in [1.82, 2.24) is 15.0 Å². The first-order chi connectivity index (χ1) is 23.0. The Hall–Kier alpha value is -5.71. The van der Waals surface area contributed by atoms with Crippen LogP contribution in [-0.2, 0) is 0 Å². The third kappa shape index (κ3) is 4.52. The topological polar surface area (TPSA) is 38.7 Å². The van der Waals surface area contributed by atoms with Crippen molar-refractivity contribution in [2.75, 3.05) is 0 Å². The molecule has 2 heterocycles. The van der Waals surface area contributed by atoms with Crippen LogP contribution in [0.4, 0.5) is 0 Å². The molecule has 1 aliphatic heterocycles. The van der Waals surface area contributed by atoms with Gasteiger partial charge >= 0.3 is 0 Å². The zero-order chi connectivity index (χ0) is 31.5. The van der Waals surface area contributed by atoms with Gasteiger partial charge < -0.3 is 0 Å². The summed E-state index contributed by atoms with van der Waals surface area (Å²) in [5.74, 6) is 2.06. The SMILES string of the molecule is C[Si]1(C)c2cccc(-c3nc(-c4ccccc4)nc(-c4ccc5cc(-c6ccccc6)ccc5c4)n3)c2-c2ccc3ccccc3c21. The lowest BCUT2D eigenvalue weighted by Crippen LogP contribution is -2.49. The average Bonchev–Trinajstić information content (AvgIpc) is 3.38. The van der Waals surface area contributed by atoms with Crippen molar-refractivity contribution >= 4 is 40.0 Å². The van der Waals surface area contributed by atoms with Gasteiger partial charge in [-0.05, 0) is 66.3 Å². The van der Waals surface area contributed by atoms with Crippen LogP contribution in [0.1, 0.15) is 0 Å². The molecule has 9 rings (SSSR count). The van der Waals surface area contributed by atoms with E-state index < -0.39 is 8.07 Å². The molecule has 0 saturated carbocycles. The molecule has 222 valence electrons. The van der Waals surface area contributed by atoms with E-state index in [1.165, 1.54) is 48.8 Å². The van der Waals surface area contributed by atoms with Crippen LogP contribution in [0.2, 0.25) is 13.1 Å². The number of hydrogen-bond acceptors (Lipinski definition) is 3. The summed E-state index contributed by atoms with van der Waals surface area (Å²) < 4.78 is 0. The molecule has 47 heavy (non-hydrogen) atoms. The summed E-state index contributed by atoms with van der Waals surface area (Å²) in [6.07, 6.45) is 0. The minimum atomic E-state index is -2.00. The van der Waals surface area contributed by atoms with Gasteiger partial charge in [-0.1, -0.05) is 153 Å². The molecule has 8 aromatic rings. The number of fused-ring (bicyclic) bond motifs is 6. The van der Waals surface area contributed by atoms with Crippen LogP contribution in [0, 0.1) is 0 Å². The van der Waals surface area contributed by atoms with E-state index in [4.69, 9.17) is 15.0 Å². The molecule has 4 heteroatoms. The standard InChI is InChI=1S/C43H31N3Si/c1-47(2)38-19-11-18-37(39(38)36-25-24-29-14-9-10-17-35(29)40(36)47)43-45-41(30-15-7-4-8-16-30)44-42(46-43)34-23-22-32-26-31(20-21-33(32)27-34)28-12-5-3-6-13-28/h3-27H,1-2H3. The Kier molecular flexibility index (Phi) is 6.27. The molecule has 0 N–H and O–H groups in total. The Bertz CT molecular complexity index is 2490. The lowest BCUT2D eigenvalue weighted by molar-refractivity contribution is 1.08. The predicted molar refractivity (Wildman–Crippen MR) is 199 cm³/mol. The average molecular weight is 618 g/mol. The first-order valence-corrected chi connectivity index (χ1v) is 19.1. The second kappa shape index (κ2) is 10.7. The van der Waals surface area contributed by atoms with Crippen molar-refractivity contribution in [3.05, 3.63) is 152 Å². The Morgan fingerprint density at radius 2 is 1.00 bits per heavy atom. The van der Waals surface area contributed by atoms with Crippen LogP contribution in [-0.4, -0.2) is 23.0 Å². The Balaban J connectivity index is 1.24. The lowest BCUT2D eigenvalue weighted by Gasteiger charge is -2.20. The minimum absolute atomic E-state index is 0.675. The Labute approximate surface area is 275 Å². The monoisotopic (exact) mass is 617 g/mol. The zero-order valence-corrected chi connectivity index (χ0v) is 27.3. The molecule has 1 aromatic heterocycles. The van der Waals surface area contributed by atoms with Gasteiger partial charge in [0.2, 0.25) is 0 Å². The molecule has 3 nitrogen and oxygen atoms in total. The first-order valence-electron chi connectivity index (χ1n) is 16.1. The maximum Gasteiger partial charge on any atom is 0.164 e. The summed E-state index contributed by atoms with van der Waals surface area (Å²) in [5.41, 5.74) is 8.01. The normalized spacial score (nSPS) is 13.1. The number of aromatic nitrogens is 3. The summed E-state index contributed by atoms with van der Waals surface area (Å²) in [6, 6.07) is 54.0. The lowest BCUT2D eigenvalue weighted by atomic mass is 9.96. The van der Waals surface area contributed by atoms with Crippen LogP contribution in [0.3, 0.4) is 0 Å². The molecule has 0 bridgehead atoms. The summed E-state index contributed by atoms with van der Waals surface area (Å²) in [5, 5.41) is 7.92. The van der Waals surface area contributed by atoms with Crippen LogP contribution in [0.25, 0.3) is 78.0 Å². The molecular weight excluding hydrogens is 587 g/mol. The van der Waals surface area contributed by atoms with E-state index in [1.807, 2.05) is 18.2 Å².